The minimum absolute atomic E-state index is 0.108. The van der Waals surface area contributed by atoms with Crippen molar-refractivity contribution in [2.75, 3.05) is 5.43 Å². The topological polar surface area (TPSA) is 125 Å². The normalized spacial score (nSPS) is 10.8. The number of hydrogen-bond acceptors (Lipinski definition) is 8. The minimum Gasteiger partial charge on any atom is -0.298 e. The number of anilines is 1. The van der Waals surface area contributed by atoms with Crippen LogP contribution in [0.3, 0.4) is 0 Å². The molecule has 0 amide bonds. The van der Waals surface area contributed by atoms with Crippen molar-refractivity contribution >= 4 is 22.2 Å². The van der Waals surface area contributed by atoms with E-state index in [9.17, 15) is 10.1 Å². The molecule has 0 saturated carbocycles. The molecule has 108 valence electrons. The Kier molecular flexibility index (Phi) is 4.25. The van der Waals surface area contributed by atoms with Gasteiger partial charge in [-0.05, 0) is 12.8 Å². The monoisotopic (exact) mass is 297 g/mol. The third kappa shape index (κ3) is 2.60. The van der Waals surface area contributed by atoms with Crippen LogP contribution in [0.4, 0.5) is 10.8 Å². The van der Waals surface area contributed by atoms with Gasteiger partial charge < -0.3 is 0 Å². The molecule has 0 aromatic carbocycles. The van der Waals surface area contributed by atoms with Gasteiger partial charge in [-0.15, -0.1) is 10.2 Å². The number of nitrogen functional groups attached to an aromatic ring is 1. The van der Waals surface area contributed by atoms with Crippen LogP contribution in [-0.2, 0) is 19.4 Å². The van der Waals surface area contributed by atoms with Crippen LogP contribution >= 0.6 is 11.3 Å². The van der Waals surface area contributed by atoms with Gasteiger partial charge in [-0.3, -0.25) is 20.2 Å². The number of aromatic nitrogens is 4. The number of aryl methyl sites for hydroxylation is 1. The fourth-order valence-electron chi connectivity index (χ4n) is 1.98. The number of nitrogens with one attached hydrogen (secondary N) is 1. The Balaban J connectivity index is 2.38. The van der Waals surface area contributed by atoms with E-state index in [0.717, 1.165) is 0 Å². The molecule has 0 aliphatic rings. The third-order valence-corrected chi connectivity index (χ3v) is 3.67. The third-order valence-electron chi connectivity index (χ3n) is 2.83. The van der Waals surface area contributed by atoms with Crippen LogP contribution in [0.2, 0.25) is 0 Å². The van der Waals surface area contributed by atoms with Crippen molar-refractivity contribution in [3.05, 3.63) is 26.5 Å². The van der Waals surface area contributed by atoms with Gasteiger partial charge in [0.1, 0.15) is 16.4 Å². The highest BCUT2D eigenvalue weighted by molar-refractivity contribution is 7.15. The lowest BCUT2D eigenvalue weighted by Crippen LogP contribution is -2.06. The van der Waals surface area contributed by atoms with E-state index in [2.05, 4.69) is 20.7 Å². The van der Waals surface area contributed by atoms with E-state index in [4.69, 9.17) is 5.84 Å². The molecule has 9 nitrogen and oxygen atoms in total. The van der Waals surface area contributed by atoms with Gasteiger partial charge in [0.2, 0.25) is 5.13 Å². The summed E-state index contributed by atoms with van der Waals surface area (Å²) in [5.41, 5.74) is 3.62. The van der Waals surface area contributed by atoms with Crippen molar-refractivity contribution < 1.29 is 4.92 Å². The van der Waals surface area contributed by atoms with Crippen LogP contribution in [0.15, 0.2) is 0 Å². The van der Waals surface area contributed by atoms with E-state index in [1.807, 2.05) is 13.8 Å². The summed E-state index contributed by atoms with van der Waals surface area (Å²) >= 11 is 1.29. The highest BCUT2D eigenvalue weighted by atomic mass is 32.1. The highest BCUT2D eigenvalue weighted by Gasteiger charge is 2.25. The molecular formula is C10H15N7O2S. The smallest absolute Gasteiger partial charge is 0.298 e. The van der Waals surface area contributed by atoms with Gasteiger partial charge in [0.25, 0.3) is 0 Å². The zero-order valence-electron chi connectivity index (χ0n) is 11.2. The van der Waals surface area contributed by atoms with Crippen LogP contribution in [0, 0.1) is 10.1 Å². The molecule has 2 heterocycles. The second kappa shape index (κ2) is 5.92. The quantitative estimate of drug-likeness (QED) is 0.464. The number of nitrogens with zero attached hydrogens (tertiary/aromatic N) is 5. The second-order valence-corrected chi connectivity index (χ2v) is 5.07. The number of nitrogens with two attached hydrogens (primary N) is 1. The van der Waals surface area contributed by atoms with Crippen molar-refractivity contribution in [3.63, 3.8) is 0 Å². The Morgan fingerprint density at radius 3 is 2.65 bits per heavy atom. The van der Waals surface area contributed by atoms with Crippen LogP contribution in [0.1, 0.15) is 30.2 Å². The summed E-state index contributed by atoms with van der Waals surface area (Å²) in [4.78, 5) is 10.8. The van der Waals surface area contributed by atoms with Crippen molar-refractivity contribution in [3.8, 4) is 0 Å². The molecule has 3 N–H and O–H groups in total. The van der Waals surface area contributed by atoms with Gasteiger partial charge in [0, 0.05) is 0 Å². The lowest BCUT2D eigenvalue weighted by molar-refractivity contribution is -0.386. The first-order valence-electron chi connectivity index (χ1n) is 6.12. The average Bonchev–Trinajstić information content (AvgIpc) is 3.02. The van der Waals surface area contributed by atoms with Gasteiger partial charge in [-0.2, -0.15) is 5.10 Å². The fourth-order valence-corrected chi connectivity index (χ4v) is 2.61. The number of hydrogen-bond donors (Lipinski definition) is 2. The molecule has 2 aromatic heterocycles. The maximum atomic E-state index is 11.2. The van der Waals surface area contributed by atoms with Crippen molar-refractivity contribution in [1.29, 1.82) is 0 Å². The van der Waals surface area contributed by atoms with Gasteiger partial charge in [0.15, 0.2) is 0 Å². The van der Waals surface area contributed by atoms with Crippen LogP contribution in [0.25, 0.3) is 0 Å². The molecule has 0 atom stereocenters. The fraction of sp³-hybridized carbons (Fsp3) is 0.500. The van der Waals surface area contributed by atoms with Crippen molar-refractivity contribution in [2.45, 2.75) is 33.2 Å². The molecule has 0 fully saturated rings. The van der Waals surface area contributed by atoms with Crippen molar-refractivity contribution in [1.82, 2.24) is 20.0 Å². The summed E-state index contributed by atoms with van der Waals surface area (Å²) in [6, 6.07) is 0. The summed E-state index contributed by atoms with van der Waals surface area (Å²) in [6.45, 7) is 4.07. The first-order chi connectivity index (χ1) is 9.60. The van der Waals surface area contributed by atoms with Gasteiger partial charge in [-0.1, -0.05) is 25.2 Å². The number of hydrazine groups is 1. The van der Waals surface area contributed by atoms with E-state index in [-0.39, 0.29) is 10.6 Å². The molecule has 0 aliphatic heterocycles. The van der Waals surface area contributed by atoms with Crippen LogP contribution in [0.5, 0.6) is 0 Å². The number of rotatable bonds is 6. The molecule has 0 bridgehead atoms. The lowest BCUT2D eigenvalue weighted by Gasteiger charge is -2.01. The summed E-state index contributed by atoms with van der Waals surface area (Å²) in [5, 5.41) is 24.5. The Labute approximate surface area is 118 Å². The van der Waals surface area contributed by atoms with Gasteiger partial charge in [0.05, 0.1) is 11.5 Å². The van der Waals surface area contributed by atoms with E-state index in [0.29, 0.717) is 40.9 Å². The first kappa shape index (κ1) is 14.3. The summed E-state index contributed by atoms with van der Waals surface area (Å²) in [7, 11) is 0. The van der Waals surface area contributed by atoms with Gasteiger partial charge in [-0.25, -0.2) is 5.84 Å². The standard InChI is InChI=1S/C10H15N7O2S/c1-3-6-9(17(18)19)7(4-2)16(15-6)5-8-13-14-10(12-11)20-8/h3-5,11H2,1-2H3,(H,12,14). The first-order valence-corrected chi connectivity index (χ1v) is 6.94. The predicted octanol–water partition coefficient (Wildman–Crippen LogP) is 1.10. The van der Waals surface area contributed by atoms with E-state index >= 15 is 0 Å². The van der Waals surface area contributed by atoms with Crippen molar-refractivity contribution in [2.24, 2.45) is 5.84 Å². The van der Waals surface area contributed by atoms with E-state index < -0.39 is 0 Å². The summed E-state index contributed by atoms with van der Waals surface area (Å²) in [5.74, 6) is 5.25. The molecule has 2 rings (SSSR count). The maximum absolute atomic E-state index is 11.2. The Morgan fingerprint density at radius 2 is 2.15 bits per heavy atom. The minimum atomic E-state index is -0.367. The highest BCUT2D eigenvalue weighted by Crippen LogP contribution is 2.26. The summed E-state index contributed by atoms with van der Waals surface area (Å²) < 4.78 is 1.62. The van der Waals surface area contributed by atoms with E-state index in [1.54, 1.807) is 4.68 Å². The molecule has 2 aromatic rings. The molecule has 10 heteroatoms. The zero-order chi connectivity index (χ0) is 14.7. The largest absolute Gasteiger partial charge is 0.313 e. The molecule has 0 spiro atoms. The average molecular weight is 297 g/mol. The van der Waals surface area contributed by atoms with Gasteiger partial charge >= 0.3 is 5.69 Å². The second-order valence-electron chi connectivity index (χ2n) is 4.01. The maximum Gasteiger partial charge on any atom is 0.313 e. The number of nitro groups is 1. The molecular weight excluding hydrogens is 282 g/mol. The van der Waals surface area contributed by atoms with E-state index in [1.165, 1.54) is 11.3 Å². The lowest BCUT2D eigenvalue weighted by atomic mass is 10.2. The molecule has 0 aliphatic carbocycles. The summed E-state index contributed by atoms with van der Waals surface area (Å²) in [6.07, 6.45) is 1.05. The Morgan fingerprint density at radius 1 is 1.40 bits per heavy atom. The predicted molar refractivity (Wildman–Crippen MR) is 74.5 cm³/mol. The molecule has 0 radical (unpaired) electrons. The molecule has 20 heavy (non-hydrogen) atoms. The molecule has 0 unspecified atom stereocenters. The zero-order valence-corrected chi connectivity index (χ0v) is 12.0. The SMILES string of the molecule is CCc1nn(Cc2nnc(NN)s2)c(CC)c1[N+](=O)[O-]. The molecule has 0 saturated heterocycles. The Hall–Kier alpha value is -2.07. The Bertz CT molecular complexity index is 621. The van der Waals surface area contributed by atoms with Crippen LogP contribution < -0.4 is 11.3 Å². The van der Waals surface area contributed by atoms with Crippen LogP contribution in [-0.4, -0.2) is 24.9 Å².